The first kappa shape index (κ1) is 12.4. The van der Waals surface area contributed by atoms with E-state index in [0.717, 1.165) is 16.6 Å². The second-order valence-electron chi connectivity index (χ2n) is 3.21. The number of amides is 1. The van der Waals surface area contributed by atoms with Crippen LogP contribution in [0.5, 0.6) is 0 Å². The van der Waals surface area contributed by atoms with Crippen LogP contribution in [0, 0.1) is 0 Å². The second kappa shape index (κ2) is 6.04. The van der Waals surface area contributed by atoms with Gasteiger partial charge in [0, 0.05) is 19.2 Å². The van der Waals surface area contributed by atoms with Crippen molar-refractivity contribution in [2.24, 2.45) is 0 Å². The Kier molecular flexibility index (Phi) is 5.00. The van der Waals surface area contributed by atoms with Gasteiger partial charge in [-0.25, -0.2) is 0 Å². The highest BCUT2D eigenvalue weighted by Gasteiger charge is 2.05. The van der Waals surface area contributed by atoms with Gasteiger partial charge >= 0.3 is 0 Å². The van der Waals surface area contributed by atoms with E-state index in [4.69, 9.17) is 0 Å². The number of nitrogens with one attached hydrogen (secondary N) is 1. The van der Waals surface area contributed by atoms with E-state index in [0.29, 0.717) is 5.13 Å². The predicted octanol–water partition coefficient (Wildman–Crippen LogP) is 1.15. The maximum atomic E-state index is 10.7. The number of hydrogen-bond donors (Lipinski definition) is 1. The lowest BCUT2D eigenvalue weighted by atomic mass is 10.7. The second-order valence-corrected chi connectivity index (χ2v) is 5.53. The largest absolute Gasteiger partial charge is 0.309 e. The van der Waals surface area contributed by atoms with Crippen LogP contribution in [-0.2, 0) is 4.79 Å². The van der Waals surface area contributed by atoms with Crippen LogP contribution < -0.4 is 5.32 Å². The minimum atomic E-state index is -0.115. The highest BCUT2D eigenvalue weighted by molar-refractivity contribution is 8.01. The van der Waals surface area contributed by atoms with Gasteiger partial charge in [-0.3, -0.25) is 4.79 Å². The summed E-state index contributed by atoms with van der Waals surface area (Å²) in [6.45, 7) is 2.46. The molecule has 0 fully saturated rings. The SMILES string of the molecule is CC(=O)Nc1nnc(SCCN(C)C)s1. The van der Waals surface area contributed by atoms with Crippen molar-refractivity contribution >= 4 is 34.1 Å². The van der Waals surface area contributed by atoms with E-state index in [9.17, 15) is 4.79 Å². The van der Waals surface area contributed by atoms with Gasteiger partial charge in [0.05, 0.1) is 0 Å². The van der Waals surface area contributed by atoms with Crippen LogP contribution in [-0.4, -0.2) is 47.4 Å². The van der Waals surface area contributed by atoms with Crippen molar-refractivity contribution in [2.75, 3.05) is 31.7 Å². The summed E-state index contributed by atoms with van der Waals surface area (Å²) in [5.74, 6) is 0.859. The predicted molar refractivity (Wildman–Crippen MR) is 63.5 cm³/mol. The van der Waals surface area contributed by atoms with Crippen molar-refractivity contribution in [3.05, 3.63) is 0 Å². The van der Waals surface area contributed by atoms with Crippen LogP contribution in [0.4, 0.5) is 5.13 Å². The zero-order chi connectivity index (χ0) is 11.3. The summed E-state index contributed by atoms with van der Waals surface area (Å²) < 4.78 is 0.889. The molecule has 84 valence electrons. The minimum absolute atomic E-state index is 0.115. The van der Waals surface area contributed by atoms with Gasteiger partial charge in [-0.2, -0.15) is 0 Å². The van der Waals surface area contributed by atoms with E-state index in [1.165, 1.54) is 18.3 Å². The first-order chi connectivity index (χ1) is 7.08. The number of carbonyl (C=O) groups excluding carboxylic acids is 1. The maximum absolute atomic E-state index is 10.7. The van der Waals surface area contributed by atoms with Crippen LogP contribution in [0.25, 0.3) is 0 Å². The highest BCUT2D eigenvalue weighted by Crippen LogP contribution is 2.25. The third-order valence-electron chi connectivity index (χ3n) is 1.45. The van der Waals surface area contributed by atoms with Crippen molar-refractivity contribution in [2.45, 2.75) is 11.3 Å². The molecule has 5 nitrogen and oxygen atoms in total. The Bertz CT molecular complexity index is 326. The number of carbonyl (C=O) groups is 1. The van der Waals surface area contributed by atoms with Crippen LogP contribution >= 0.6 is 23.1 Å². The topological polar surface area (TPSA) is 58.1 Å². The van der Waals surface area contributed by atoms with E-state index in [1.807, 2.05) is 14.1 Å². The molecule has 0 unspecified atom stereocenters. The Morgan fingerprint density at radius 1 is 1.53 bits per heavy atom. The van der Waals surface area contributed by atoms with Gasteiger partial charge in [-0.15, -0.1) is 10.2 Å². The summed E-state index contributed by atoms with van der Waals surface area (Å²) >= 11 is 3.05. The molecule has 7 heteroatoms. The first-order valence-electron chi connectivity index (χ1n) is 4.46. The Morgan fingerprint density at radius 3 is 2.87 bits per heavy atom. The molecule has 0 saturated heterocycles. The summed E-state index contributed by atoms with van der Waals surface area (Å²) in [4.78, 5) is 12.9. The smallest absolute Gasteiger partial charge is 0.223 e. The van der Waals surface area contributed by atoms with E-state index in [1.54, 1.807) is 11.8 Å². The van der Waals surface area contributed by atoms with Gasteiger partial charge in [-0.05, 0) is 14.1 Å². The van der Waals surface area contributed by atoms with E-state index in [2.05, 4.69) is 20.4 Å². The summed E-state index contributed by atoms with van der Waals surface area (Å²) in [6.07, 6.45) is 0. The Hall–Kier alpha value is -0.660. The molecule has 1 aromatic heterocycles. The average Bonchev–Trinajstić information content (AvgIpc) is 2.50. The van der Waals surface area contributed by atoms with Crippen molar-refractivity contribution in [1.82, 2.24) is 15.1 Å². The fourth-order valence-corrected chi connectivity index (χ4v) is 2.76. The lowest BCUT2D eigenvalue weighted by Crippen LogP contribution is -2.14. The molecule has 0 aliphatic rings. The molecule has 0 spiro atoms. The van der Waals surface area contributed by atoms with Crippen LogP contribution in [0.15, 0.2) is 4.34 Å². The molecule has 0 aliphatic carbocycles. The zero-order valence-electron chi connectivity index (χ0n) is 8.98. The molecule has 0 atom stereocenters. The highest BCUT2D eigenvalue weighted by atomic mass is 32.2. The lowest BCUT2D eigenvalue weighted by molar-refractivity contribution is -0.114. The quantitative estimate of drug-likeness (QED) is 0.624. The lowest BCUT2D eigenvalue weighted by Gasteiger charge is -2.06. The van der Waals surface area contributed by atoms with Crippen LogP contribution in [0.2, 0.25) is 0 Å². The molecule has 1 amide bonds. The fraction of sp³-hybridized carbons (Fsp3) is 0.625. The molecule has 0 saturated carbocycles. The van der Waals surface area contributed by atoms with Crippen molar-refractivity contribution in [3.8, 4) is 0 Å². The fourth-order valence-electron chi connectivity index (χ4n) is 0.785. The van der Waals surface area contributed by atoms with Crippen molar-refractivity contribution in [3.63, 3.8) is 0 Å². The summed E-state index contributed by atoms with van der Waals surface area (Å²) in [6, 6.07) is 0. The normalized spacial score (nSPS) is 10.7. The monoisotopic (exact) mass is 246 g/mol. The van der Waals surface area contributed by atoms with E-state index in [-0.39, 0.29) is 5.91 Å². The summed E-state index contributed by atoms with van der Waals surface area (Å²) in [5, 5.41) is 11.0. The molecule has 0 aliphatic heterocycles. The summed E-state index contributed by atoms with van der Waals surface area (Å²) in [5.41, 5.74) is 0. The molecule has 15 heavy (non-hydrogen) atoms. The summed E-state index contributed by atoms with van der Waals surface area (Å²) in [7, 11) is 4.06. The van der Waals surface area contributed by atoms with Gasteiger partial charge in [0.25, 0.3) is 0 Å². The maximum Gasteiger partial charge on any atom is 0.223 e. The number of rotatable bonds is 5. The number of thioether (sulfide) groups is 1. The molecule has 0 bridgehead atoms. The van der Waals surface area contributed by atoms with Gasteiger partial charge in [0.1, 0.15) is 0 Å². The third-order valence-corrected chi connectivity index (χ3v) is 3.41. The number of aromatic nitrogens is 2. The first-order valence-corrected chi connectivity index (χ1v) is 6.27. The number of nitrogens with zero attached hydrogens (tertiary/aromatic N) is 3. The third kappa shape index (κ3) is 5.10. The van der Waals surface area contributed by atoms with Crippen molar-refractivity contribution < 1.29 is 4.79 Å². The van der Waals surface area contributed by atoms with Crippen LogP contribution in [0.3, 0.4) is 0 Å². The molecule has 1 N–H and O–H groups in total. The van der Waals surface area contributed by atoms with E-state index < -0.39 is 0 Å². The Morgan fingerprint density at radius 2 is 2.27 bits per heavy atom. The standard InChI is InChI=1S/C8H14N4OS2/c1-6(13)9-7-10-11-8(15-7)14-5-4-12(2)3/h4-5H2,1-3H3,(H,9,10,13). The molecule has 0 aromatic carbocycles. The number of anilines is 1. The van der Waals surface area contributed by atoms with E-state index >= 15 is 0 Å². The van der Waals surface area contributed by atoms with Gasteiger partial charge in [-0.1, -0.05) is 23.1 Å². The minimum Gasteiger partial charge on any atom is -0.309 e. The molecule has 1 rings (SSSR count). The van der Waals surface area contributed by atoms with Crippen LogP contribution in [0.1, 0.15) is 6.92 Å². The van der Waals surface area contributed by atoms with Gasteiger partial charge in [0.2, 0.25) is 11.0 Å². The molecular formula is C8H14N4OS2. The molecule has 0 radical (unpaired) electrons. The Balaban J connectivity index is 2.36. The zero-order valence-corrected chi connectivity index (χ0v) is 10.6. The average molecular weight is 246 g/mol. The molecule has 1 aromatic rings. The molecular weight excluding hydrogens is 232 g/mol. The van der Waals surface area contributed by atoms with Gasteiger partial charge in [0.15, 0.2) is 4.34 Å². The molecule has 1 heterocycles. The van der Waals surface area contributed by atoms with Crippen molar-refractivity contribution in [1.29, 1.82) is 0 Å². The Labute approximate surface area is 97.3 Å². The number of hydrogen-bond acceptors (Lipinski definition) is 6. The van der Waals surface area contributed by atoms with Gasteiger partial charge < -0.3 is 10.2 Å².